The van der Waals surface area contributed by atoms with Crippen molar-refractivity contribution in [1.82, 2.24) is 9.62 Å². The Bertz CT molecular complexity index is 893. The zero-order valence-electron chi connectivity index (χ0n) is 14.3. The number of hydrogen-bond donors (Lipinski definition) is 1. The minimum absolute atomic E-state index is 0.000473. The lowest BCUT2D eigenvalue weighted by Gasteiger charge is -2.26. The first kappa shape index (κ1) is 18.9. The molecule has 0 bridgehead atoms. The first-order chi connectivity index (χ1) is 12.5. The zero-order chi connectivity index (χ0) is 18.6. The second-order valence-electron chi connectivity index (χ2n) is 6.31. The van der Waals surface area contributed by atoms with Crippen LogP contribution in [0.3, 0.4) is 0 Å². The van der Waals surface area contributed by atoms with E-state index in [2.05, 4.69) is 4.72 Å². The number of amides is 1. The molecule has 26 heavy (non-hydrogen) atoms. The smallest absolute Gasteiger partial charge is 0.253 e. The summed E-state index contributed by atoms with van der Waals surface area (Å²) in [6.45, 7) is 1.65. The van der Waals surface area contributed by atoms with Crippen molar-refractivity contribution in [2.45, 2.75) is 30.7 Å². The third kappa shape index (κ3) is 4.44. The molecule has 0 saturated carbocycles. The lowest BCUT2D eigenvalue weighted by atomic mass is 10.1. The number of rotatable bonds is 5. The average molecular weight is 393 g/mol. The van der Waals surface area contributed by atoms with E-state index in [9.17, 15) is 13.2 Å². The highest BCUT2D eigenvalue weighted by Crippen LogP contribution is 2.20. The van der Waals surface area contributed by atoms with E-state index in [4.69, 9.17) is 11.6 Å². The normalized spacial score (nSPS) is 15.0. The Morgan fingerprint density at radius 2 is 1.77 bits per heavy atom. The second-order valence-corrected chi connectivity index (χ2v) is 8.45. The maximum Gasteiger partial charge on any atom is 0.253 e. The van der Waals surface area contributed by atoms with E-state index in [-0.39, 0.29) is 22.4 Å². The van der Waals surface area contributed by atoms with Gasteiger partial charge in [0.25, 0.3) is 5.91 Å². The number of halogens is 1. The highest BCUT2D eigenvalue weighted by Gasteiger charge is 2.19. The van der Waals surface area contributed by atoms with Gasteiger partial charge in [-0.25, -0.2) is 13.1 Å². The molecular weight excluding hydrogens is 372 g/mol. The van der Waals surface area contributed by atoms with E-state index in [1.54, 1.807) is 36.4 Å². The van der Waals surface area contributed by atoms with Gasteiger partial charge in [-0.1, -0.05) is 35.9 Å². The number of carbonyl (C=O) groups excluding carboxylic acids is 1. The molecule has 0 atom stereocenters. The van der Waals surface area contributed by atoms with Gasteiger partial charge in [0.05, 0.1) is 5.02 Å². The first-order valence-electron chi connectivity index (χ1n) is 8.60. The van der Waals surface area contributed by atoms with Gasteiger partial charge < -0.3 is 4.90 Å². The van der Waals surface area contributed by atoms with Crippen LogP contribution in [0.15, 0.2) is 53.4 Å². The Morgan fingerprint density at radius 3 is 2.50 bits per heavy atom. The maximum atomic E-state index is 12.6. The van der Waals surface area contributed by atoms with Crippen LogP contribution in [0.1, 0.15) is 35.2 Å². The number of nitrogens with zero attached hydrogens (tertiary/aromatic N) is 1. The van der Waals surface area contributed by atoms with Crippen molar-refractivity contribution in [2.24, 2.45) is 0 Å². The van der Waals surface area contributed by atoms with Crippen LogP contribution in [0, 0.1) is 0 Å². The van der Waals surface area contributed by atoms with Crippen molar-refractivity contribution in [2.75, 3.05) is 13.1 Å². The van der Waals surface area contributed by atoms with Crippen LogP contribution < -0.4 is 4.72 Å². The summed E-state index contributed by atoms with van der Waals surface area (Å²) < 4.78 is 27.4. The van der Waals surface area contributed by atoms with Crippen molar-refractivity contribution in [3.05, 3.63) is 64.7 Å². The van der Waals surface area contributed by atoms with Crippen LogP contribution in [0.25, 0.3) is 0 Å². The van der Waals surface area contributed by atoms with E-state index in [1.165, 1.54) is 12.1 Å². The van der Waals surface area contributed by atoms with Crippen LogP contribution in [0.2, 0.25) is 5.02 Å². The van der Waals surface area contributed by atoms with E-state index in [1.807, 2.05) is 4.90 Å². The van der Waals surface area contributed by atoms with Crippen molar-refractivity contribution < 1.29 is 13.2 Å². The monoisotopic (exact) mass is 392 g/mol. The Labute approximate surface area is 159 Å². The quantitative estimate of drug-likeness (QED) is 0.847. The molecule has 1 amide bonds. The van der Waals surface area contributed by atoms with Gasteiger partial charge in [0.2, 0.25) is 10.0 Å². The van der Waals surface area contributed by atoms with E-state index in [0.29, 0.717) is 5.56 Å². The Hall–Kier alpha value is -1.89. The molecule has 0 radical (unpaired) electrons. The van der Waals surface area contributed by atoms with Crippen LogP contribution in [-0.2, 0) is 16.6 Å². The number of benzene rings is 2. The lowest BCUT2D eigenvalue weighted by Crippen LogP contribution is -2.35. The molecule has 5 nitrogen and oxygen atoms in total. The summed E-state index contributed by atoms with van der Waals surface area (Å²) in [4.78, 5) is 14.5. The van der Waals surface area contributed by atoms with Crippen molar-refractivity contribution in [1.29, 1.82) is 0 Å². The van der Waals surface area contributed by atoms with E-state index in [0.717, 1.165) is 37.9 Å². The standard InChI is InChI=1S/C19H21ClN2O3S/c20-17-9-2-3-10-18(17)26(24,25)21-14-15-7-6-8-16(13-15)19(23)22-11-4-1-5-12-22/h2-3,6-10,13,21H,1,4-5,11-12,14H2. The van der Waals surface area contributed by atoms with Crippen molar-refractivity contribution >= 4 is 27.5 Å². The third-order valence-corrected chi connectivity index (χ3v) is 6.31. The largest absolute Gasteiger partial charge is 0.339 e. The average Bonchev–Trinajstić information content (AvgIpc) is 2.67. The maximum absolute atomic E-state index is 12.6. The molecule has 7 heteroatoms. The molecule has 3 rings (SSSR count). The van der Waals surface area contributed by atoms with Gasteiger partial charge in [0.1, 0.15) is 4.90 Å². The molecule has 1 saturated heterocycles. The molecule has 0 spiro atoms. The zero-order valence-corrected chi connectivity index (χ0v) is 15.9. The summed E-state index contributed by atoms with van der Waals surface area (Å²) in [7, 11) is -3.72. The van der Waals surface area contributed by atoms with Gasteiger partial charge in [-0.3, -0.25) is 4.79 Å². The molecule has 0 aromatic heterocycles. The molecule has 0 aliphatic carbocycles. The summed E-state index contributed by atoms with van der Waals surface area (Å²) in [5.41, 5.74) is 1.31. The van der Waals surface area contributed by atoms with Crippen molar-refractivity contribution in [3.63, 3.8) is 0 Å². The molecule has 1 aliphatic heterocycles. The first-order valence-corrected chi connectivity index (χ1v) is 10.5. The van der Waals surface area contributed by atoms with E-state index >= 15 is 0 Å². The number of carbonyl (C=O) groups is 1. The molecule has 1 aliphatic rings. The molecule has 0 unspecified atom stereocenters. The fourth-order valence-electron chi connectivity index (χ4n) is 3.01. The summed E-state index contributed by atoms with van der Waals surface area (Å²) >= 11 is 5.97. The number of likely N-dealkylation sites (tertiary alicyclic amines) is 1. The second kappa shape index (κ2) is 8.20. The summed E-state index contributed by atoms with van der Waals surface area (Å²) in [5, 5.41) is 0.175. The predicted octanol–water partition coefficient (Wildman–Crippen LogP) is 3.44. The van der Waals surface area contributed by atoms with Gasteiger partial charge in [0.15, 0.2) is 0 Å². The SMILES string of the molecule is O=C(c1cccc(CNS(=O)(=O)c2ccccc2Cl)c1)N1CCCCC1. The third-order valence-electron chi connectivity index (χ3n) is 4.41. The Kier molecular flexibility index (Phi) is 5.96. The summed E-state index contributed by atoms with van der Waals surface area (Å²) in [6.07, 6.45) is 3.22. The molecular formula is C19H21ClN2O3S. The van der Waals surface area contributed by atoms with Crippen LogP contribution in [0.4, 0.5) is 0 Å². The van der Waals surface area contributed by atoms with E-state index < -0.39 is 10.0 Å². The Balaban J connectivity index is 1.71. The predicted molar refractivity (Wildman–Crippen MR) is 102 cm³/mol. The molecule has 138 valence electrons. The fraction of sp³-hybridized carbons (Fsp3) is 0.316. The lowest BCUT2D eigenvalue weighted by molar-refractivity contribution is 0.0724. The number of piperidine rings is 1. The number of sulfonamides is 1. The van der Waals surface area contributed by atoms with Gasteiger partial charge >= 0.3 is 0 Å². The topological polar surface area (TPSA) is 66.5 Å². The molecule has 2 aromatic rings. The van der Waals surface area contributed by atoms with Crippen LogP contribution >= 0.6 is 11.6 Å². The molecule has 1 N–H and O–H groups in total. The molecule has 1 heterocycles. The summed E-state index contributed by atoms with van der Waals surface area (Å²) in [6, 6.07) is 13.4. The van der Waals surface area contributed by atoms with Crippen molar-refractivity contribution in [3.8, 4) is 0 Å². The minimum Gasteiger partial charge on any atom is -0.339 e. The Morgan fingerprint density at radius 1 is 1.04 bits per heavy atom. The molecule has 1 fully saturated rings. The van der Waals surface area contributed by atoms with Crippen LogP contribution in [-0.4, -0.2) is 32.3 Å². The fourth-order valence-corrected chi connectivity index (χ4v) is 4.55. The summed E-state index contributed by atoms with van der Waals surface area (Å²) in [5.74, 6) is 0.000473. The van der Waals surface area contributed by atoms with Gasteiger partial charge in [-0.2, -0.15) is 0 Å². The molecule has 2 aromatic carbocycles. The number of nitrogens with one attached hydrogen (secondary N) is 1. The highest BCUT2D eigenvalue weighted by molar-refractivity contribution is 7.89. The minimum atomic E-state index is -3.72. The number of hydrogen-bond acceptors (Lipinski definition) is 3. The highest BCUT2D eigenvalue weighted by atomic mass is 35.5. The van der Waals surface area contributed by atoms with Gasteiger partial charge in [-0.15, -0.1) is 0 Å². The van der Waals surface area contributed by atoms with Gasteiger partial charge in [0, 0.05) is 25.2 Å². The van der Waals surface area contributed by atoms with Crippen LogP contribution in [0.5, 0.6) is 0 Å². The van der Waals surface area contributed by atoms with Gasteiger partial charge in [-0.05, 0) is 49.1 Å².